The Labute approximate surface area is 171 Å². The number of hydrogen-bond acceptors (Lipinski definition) is 3. The van der Waals surface area contributed by atoms with Crippen LogP contribution in [0.25, 0.3) is 0 Å². The second-order valence-corrected chi connectivity index (χ2v) is 8.61. The lowest BCUT2D eigenvalue weighted by Crippen LogP contribution is -2.39. The van der Waals surface area contributed by atoms with Crippen molar-refractivity contribution in [3.63, 3.8) is 0 Å². The monoisotopic (exact) mass is 389 g/mol. The zero-order valence-corrected chi connectivity index (χ0v) is 18.2. The minimum Gasteiger partial charge on any atom is -0.381 e. The molecule has 0 unspecified atom stereocenters. The molecule has 5 nitrogen and oxygen atoms in total. The average Bonchev–Trinajstić information content (AvgIpc) is 2.69. The Balaban J connectivity index is 1.54. The Hall–Kier alpha value is -1.59. The summed E-state index contributed by atoms with van der Waals surface area (Å²) < 4.78 is 11.2. The van der Waals surface area contributed by atoms with Crippen LogP contribution in [0.2, 0.25) is 0 Å². The van der Waals surface area contributed by atoms with Gasteiger partial charge in [-0.1, -0.05) is 45.0 Å². The number of nitrogens with one attached hydrogen (secondary N) is 2. The van der Waals surface area contributed by atoms with Crippen molar-refractivity contribution in [2.75, 3.05) is 46.6 Å². The zero-order chi connectivity index (χ0) is 20.2. The van der Waals surface area contributed by atoms with Crippen molar-refractivity contribution in [3.05, 3.63) is 35.4 Å². The predicted molar refractivity (Wildman–Crippen MR) is 117 cm³/mol. The van der Waals surface area contributed by atoms with Gasteiger partial charge in [-0.05, 0) is 48.1 Å². The van der Waals surface area contributed by atoms with Gasteiger partial charge in [0.25, 0.3) is 0 Å². The van der Waals surface area contributed by atoms with Crippen LogP contribution in [-0.4, -0.2) is 52.5 Å². The van der Waals surface area contributed by atoms with E-state index in [1.165, 1.54) is 11.1 Å². The van der Waals surface area contributed by atoms with Crippen LogP contribution in [0.3, 0.4) is 0 Å². The standard InChI is InChI=1S/C23H39N3O2/c1-23(2,3)21-8-6-19(7-9-21)10-14-26-22(24-4)25-13-5-15-28-18-20-11-16-27-17-12-20/h6-9,20H,5,10-18H2,1-4H3,(H2,24,25,26). The van der Waals surface area contributed by atoms with E-state index in [9.17, 15) is 0 Å². The van der Waals surface area contributed by atoms with Gasteiger partial charge < -0.3 is 20.1 Å². The van der Waals surface area contributed by atoms with Crippen LogP contribution >= 0.6 is 0 Å². The van der Waals surface area contributed by atoms with Crippen LogP contribution in [0.15, 0.2) is 29.3 Å². The molecular formula is C23H39N3O2. The molecule has 0 amide bonds. The molecule has 28 heavy (non-hydrogen) atoms. The van der Waals surface area contributed by atoms with Crippen molar-refractivity contribution in [2.45, 2.75) is 51.9 Å². The smallest absolute Gasteiger partial charge is 0.190 e. The first-order valence-electron chi connectivity index (χ1n) is 10.7. The van der Waals surface area contributed by atoms with Crippen LogP contribution in [0.1, 0.15) is 51.2 Å². The van der Waals surface area contributed by atoms with E-state index in [0.29, 0.717) is 5.92 Å². The topological polar surface area (TPSA) is 54.9 Å². The highest BCUT2D eigenvalue weighted by Gasteiger charge is 2.14. The van der Waals surface area contributed by atoms with Crippen molar-refractivity contribution in [1.29, 1.82) is 0 Å². The summed E-state index contributed by atoms with van der Waals surface area (Å²) in [7, 11) is 1.81. The summed E-state index contributed by atoms with van der Waals surface area (Å²) in [5.74, 6) is 1.53. The largest absolute Gasteiger partial charge is 0.381 e. The fourth-order valence-electron chi connectivity index (χ4n) is 3.26. The highest BCUT2D eigenvalue weighted by molar-refractivity contribution is 5.79. The van der Waals surface area contributed by atoms with Crippen molar-refractivity contribution in [2.24, 2.45) is 10.9 Å². The number of guanidine groups is 1. The Morgan fingerprint density at radius 1 is 1.11 bits per heavy atom. The lowest BCUT2D eigenvalue weighted by molar-refractivity contribution is 0.0203. The molecule has 2 rings (SSSR count). The third-order valence-corrected chi connectivity index (χ3v) is 5.20. The second kappa shape index (κ2) is 12.1. The zero-order valence-electron chi connectivity index (χ0n) is 18.2. The quantitative estimate of drug-likeness (QED) is 0.385. The van der Waals surface area contributed by atoms with E-state index in [4.69, 9.17) is 9.47 Å². The molecule has 1 aromatic carbocycles. The molecule has 1 aliphatic rings. The first-order chi connectivity index (χ1) is 13.5. The van der Waals surface area contributed by atoms with E-state index in [2.05, 4.69) is 60.7 Å². The summed E-state index contributed by atoms with van der Waals surface area (Å²) >= 11 is 0. The molecule has 1 aromatic rings. The summed E-state index contributed by atoms with van der Waals surface area (Å²) in [6.07, 6.45) is 4.24. The Morgan fingerprint density at radius 3 is 2.43 bits per heavy atom. The summed E-state index contributed by atoms with van der Waals surface area (Å²) in [6, 6.07) is 8.94. The minimum absolute atomic E-state index is 0.206. The van der Waals surface area contributed by atoms with Crippen molar-refractivity contribution >= 4 is 5.96 Å². The fourth-order valence-corrected chi connectivity index (χ4v) is 3.26. The lowest BCUT2D eigenvalue weighted by Gasteiger charge is -2.21. The fraction of sp³-hybridized carbons (Fsp3) is 0.696. The van der Waals surface area contributed by atoms with Crippen LogP contribution in [0.4, 0.5) is 0 Å². The molecule has 0 aromatic heterocycles. The van der Waals surface area contributed by atoms with Crippen LogP contribution in [-0.2, 0) is 21.3 Å². The van der Waals surface area contributed by atoms with E-state index >= 15 is 0 Å². The Morgan fingerprint density at radius 2 is 1.79 bits per heavy atom. The van der Waals surface area contributed by atoms with Gasteiger partial charge in [0, 0.05) is 46.6 Å². The molecule has 0 aliphatic carbocycles. The van der Waals surface area contributed by atoms with Crippen LogP contribution in [0, 0.1) is 5.92 Å². The highest BCUT2D eigenvalue weighted by atomic mass is 16.5. The molecule has 0 atom stereocenters. The summed E-state index contributed by atoms with van der Waals surface area (Å²) in [6.45, 7) is 11.9. The molecule has 1 saturated heterocycles. The van der Waals surface area contributed by atoms with E-state index < -0.39 is 0 Å². The van der Waals surface area contributed by atoms with E-state index in [-0.39, 0.29) is 5.41 Å². The van der Waals surface area contributed by atoms with Gasteiger partial charge in [0.1, 0.15) is 0 Å². The third kappa shape index (κ3) is 8.61. The summed E-state index contributed by atoms with van der Waals surface area (Å²) in [4.78, 5) is 4.30. The molecule has 2 N–H and O–H groups in total. The second-order valence-electron chi connectivity index (χ2n) is 8.61. The average molecular weight is 390 g/mol. The van der Waals surface area contributed by atoms with Gasteiger partial charge in [-0.3, -0.25) is 4.99 Å². The Bertz CT molecular complexity index is 573. The number of nitrogens with zero attached hydrogens (tertiary/aromatic N) is 1. The lowest BCUT2D eigenvalue weighted by atomic mass is 9.86. The van der Waals surface area contributed by atoms with Gasteiger partial charge in [-0.25, -0.2) is 0 Å². The van der Waals surface area contributed by atoms with Gasteiger partial charge in [0.2, 0.25) is 0 Å². The van der Waals surface area contributed by atoms with E-state index in [1.807, 2.05) is 7.05 Å². The number of rotatable bonds is 9. The van der Waals surface area contributed by atoms with Crippen LogP contribution in [0.5, 0.6) is 0 Å². The number of hydrogen-bond donors (Lipinski definition) is 2. The normalized spacial score (nSPS) is 16.2. The highest BCUT2D eigenvalue weighted by Crippen LogP contribution is 2.22. The van der Waals surface area contributed by atoms with Gasteiger partial charge in [-0.2, -0.15) is 0 Å². The summed E-state index contributed by atoms with van der Waals surface area (Å²) in [5.41, 5.74) is 2.93. The Kier molecular flexibility index (Phi) is 9.79. The maximum atomic E-state index is 5.81. The molecule has 1 heterocycles. The molecule has 0 radical (unpaired) electrons. The van der Waals surface area contributed by atoms with Crippen molar-refractivity contribution in [1.82, 2.24) is 10.6 Å². The van der Waals surface area contributed by atoms with Crippen molar-refractivity contribution < 1.29 is 9.47 Å². The first-order valence-corrected chi connectivity index (χ1v) is 10.7. The third-order valence-electron chi connectivity index (χ3n) is 5.20. The van der Waals surface area contributed by atoms with Gasteiger partial charge in [0.05, 0.1) is 0 Å². The SMILES string of the molecule is CN=C(NCCCOCC1CCOCC1)NCCc1ccc(C(C)(C)C)cc1. The molecule has 0 saturated carbocycles. The molecule has 0 bridgehead atoms. The summed E-state index contributed by atoms with van der Waals surface area (Å²) in [5, 5.41) is 6.75. The maximum absolute atomic E-state index is 5.81. The van der Waals surface area contributed by atoms with E-state index in [1.54, 1.807) is 0 Å². The van der Waals surface area contributed by atoms with Gasteiger partial charge >= 0.3 is 0 Å². The van der Waals surface area contributed by atoms with E-state index in [0.717, 1.165) is 71.2 Å². The minimum atomic E-state index is 0.206. The van der Waals surface area contributed by atoms with Gasteiger partial charge in [-0.15, -0.1) is 0 Å². The van der Waals surface area contributed by atoms with Crippen LogP contribution < -0.4 is 10.6 Å². The van der Waals surface area contributed by atoms with Crippen molar-refractivity contribution in [3.8, 4) is 0 Å². The molecule has 158 valence electrons. The number of benzene rings is 1. The molecule has 5 heteroatoms. The molecular weight excluding hydrogens is 350 g/mol. The molecule has 0 spiro atoms. The molecule has 1 aliphatic heterocycles. The number of ether oxygens (including phenoxy) is 2. The molecule has 1 fully saturated rings. The maximum Gasteiger partial charge on any atom is 0.190 e. The predicted octanol–water partition coefficient (Wildman–Crippen LogP) is 3.52. The first kappa shape index (κ1) is 22.7. The number of aliphatic imine (C=N–C) groups is 1. The van der Waals surface area contributed by atoms with Gasteiger partial charge in [0.15, 0.2) is 5.96 Å².